The fourth-order valence-electron chi connectivity index (χ4n) is 4.18. The number of nitrogens with one attached hydrogen (secondary N) is 3. The number of benzene rings is 3. The van der Waals surface area contributed by atoms with Gasteiger partial charge in [-0.2, -0.15) is 0 Å². The normalized spacial score (nSPS) is 13.3. The SMILES string of the molecule is O=C(NC(=S)Nc1cccc(NC(=O)C2CCCCC2)c1)c1cccc(OCCOc2ccccc2)c1. The third-order valence-electron chi connectivity index (χ3n) is 6.05. The fraction of sp³-hybridized carbons (Fsp3) is 0.276. The van der Waals surface area contributed by atoms with Crippen LogP contribution in [0, 0.1) is 5.92 Å². The molecule has 3 N–H and O–H groups in total. The lowest BCUT2D eigenvalue weighted by Gasteiger charge is -2.21. The van der Waals surface area contributed by atoms with Gasteiger partial charge in [-0.25, -0.2) is 0 Å². The number of hydrogen-bond acceptors (Lipinski definition) is 5. The second-order valence-electron chi connectivity index (χ2n) is 8.85. The van der Waals surface area contributed by atoms with Crippen LogP contribution in [0.25, 0.3) is 0 Å². The molecule has 3 aromatic rings. The smallest absolute Gasteiger partial charge is 0.257 e. The van der Waals surface area contributed by atoms with Gasteiger partial charge in [0, 0.05) is 22.9 Å². The van der Waals surface area contributed by atoms with Crippen molar-refractivity contribution >= 4 is 40.5 Å². The largest absolute Gasteiger partial charge is 0.490 e. The van der Waals surface area contributed by atoms with Gasteiger partial charge in [-0.05, 0) is 73.6 Å². The van der Waals surface area contributed by atoms with E-state index in [9.17, 15) is 9.59 Å². The van der Waals surface area contributed by atoms with Crippen LogP contribution >= 0.6 is 12.2 Å². The number of amides is 2. The highest BCUT2D eigenvalue weighted by Gasteiger charge is 2.21. The van der Waals surface area contributed by atoms with Crippen molar-refractivity contribution in [3.63, 3.8) is 0 Å². The van der Waals surface area contributed by atoms with E-state index in [0.29, 0.717) is 35.9 Å². The average molecular weight is 518 g/mol. The second kappa shape index (κ2) is 13.4. The molecule has 0 spiro atoms. The number of hydrogen-bond donors (Lipinski definition) is 3. The van der Waals surface area contributed by atoms with Gasteiger partial charge in [-0.15, -0.1) is 0 Å². The van der Waals surface area contributed by atoms with Crippen molar-refractivity contribution in [2.75, 3.05) is 23.8 Å². The number of anilines is 2. The molecule has 8 heteroatoms. The highest BCUT2D eigenvalue weighted by Crippen LogP contribution is 2.25. The topological polar surface area (TPSA) is 88.7 Å². The predicted octanol–water partition coefficient (Wildman–Crippen LogP) is 5.79. The zero-order valence-electron chi connectivity index (χ0n) is 20.6. The van der Waals surface area contributed by atoms with Crippen LogP contribution < -0.4 is 25.4 Å². The Bertz CT molecular complexity index is 1210. The molecule has 7 nitrogen and oxygen atoms in total. The van der Waals surface area contributed by atoms with Gasteiger partial charge in [0.15, 0.2) is 5.11 Å². The summed E-state index contributed by atoms with van der Waals surface area (Å²) in [5.41, 5.74) is 1.78. The summed E-state index contributed by atoms with van der Waals surface area (Å²) in [4.78, 5) is 25.3. The number of carbonyl (C=O) groups excluding carboxylic acids is 2. The van der Waals surface area contributed by atoms with Gasteiger partial charge in [0.25, 0.3) is 5.91 Å². The zero-order chi connectivity index (χ0) is 25.9. The van der Waals surface area contributed by atoms with Gasteiger partial charge in [-0.3, -0.25) is 14.9 Å². The first-order chi connectivity index (χ1) is 18.1. The van der Waals surface area contributed by atoms with Gasteiger partial charge >= 0.3 is 0 Å². The lowest BCUT2D eigenvalue weighted by atomic mass is 9.88. The first-order valence-corrected chi connectivity index (χ1v) is 12.9. The molecular weight excluding hydrogens is 486 g/mol. The Balaban J connectivity index is 1.24. The van der Waals surface area contributed by atoms with Crippen LogP contribution in [0.15, 0.2) is 78.9 Å². The van der Waals surface area contributed by atoms with E-state index in [1.165, 1.54) is 6.42 Å². The van der Waals surface area contributed by atoms with Crippen molar-refractivity contribution < 1.29 is 19.1 Å². The minimum atomic E-state index is -0.356. The number of rotatable bonds is 9. The van der Waals surface area contributed by atoms with E-state index in [4.69, 9.17) is 21.7 Å². The molecule has 3 aromatic carbocycles. The average Bonchev–Trinajstić information content (AvgIpc) is 2.92. The summed E-state index contributed by atoms with van der Waals surface area (Å²) < 4.78 is 11.3. The summed E-state index contributed by atoms with van der Waals surface area (Å²) in [6.45, 7) is 0.724. The molecule has 2 amide bonds. The summed E-state index contributed by atoms with van der Waals surface area (Å²) in [7, 11) is 0. The number of para-hydroxylation sites is 1. The third kappa shape index (κ3) is 8.32. The molecule has 4 rings (SSSR count). The van der Waals surface area contributed by atoms with E-state index in [1.807, 2.05) is 48.5 Å². The maximum absolute atomic E-state index is 12.7. The van der Waals surface area contributed by atoms with Gasteiger partial charge < -0.3 is 20.1 Å². The summed E-state index contributed by atoms with van der Waals surface area (Å²) in [5, 5.41) is 8.85. The van der Waals surface area contributed by atoms with Crippen molar-refractivity contribution in [3.8, 4) is 11.5 Å². The number of ether oxygens (including phenoxy) is 2. The van der Waals surface area contributed by atoms with Crippen molar-refractivity contribution in [2.24, 2.45) is 5.92 Å². The van der Waals surface area contributed by atoms with E-state index in [-0.39, 0.29) is 22.8 Å². The van der Waals surface area contributed by atoms with E-state index >= 15 is 0 Å². The summed E-state index contributed by atoms with van der Waals surface area (Å²) in [6, 6.07) is 23.7. The fourth-order valence-corrected chi connectivity index (χ4v) is 4.39. The van der Waals surface area contributed by atoms with Crippen LogP contribution in [0.3, 0.4) is 0 Å². The molecule has 37 heavy (non-hydrogen) atoms. The molecule has 0 unspecified atom stereocenters. The maximum atomic E-state index is 12.7. The molecule has 0 aromatic heterocycles. The quantitative estimate of drug-likeness (QED) is 0.246. The number of thiocarbonyl (C=S) groups is 1. The van der Waals surface area contributed by atoms with Crippen molar-refractivity contribution in [3.05, 3.63) is 84.4 Å². The third-order valence-corrected chi connectivity index (χ3v) is 6.26. The van der Waals surface area contributed by atoms with Crippen LogP contribution in [0.2, 0.25) is 0 Å². The minimum Gasteiger partial charge on any atom is -0.490 e. The van der Waals surface area contributed by atoms with Gasteiger partial charge in [0.2, 0.25) is 5.91 Å². The van der Waals surface area contributed by atoms with Crippen LogP contribution in [0.5, 0.6) is 11.5 Å². The molecule has 1 aliphatic rings. The Hall–Kier alpha value is -3.91. The van der Waals surface area contributed by atoms with Crippen molar-refractivity contribution in [1.82, 2.24) is 5.32 Å². The summed E-state index contributed by atoms with van der Waals surface area (Å²) in [5.74, 6) is 1.11. The molecule has 0 atom stereocenters. The van der Waals surface area contributed by atoms with Crippen LogP contribution in [-0.2, 0) is 4.79 Å². The highest BCUT2D eigenvalue weighted by atomic mass is 32.1. The standard InChI is InChI=1S/C29H31N3O4S/c33-27(21-9-3-1-4-10-21)30-23-12-8-13-24(20-23)31-29(37)32-28(34)22-11-7-16-26(19-22)36-18-17-35-25-14-5-2-6-15-25/h2,5-8,11-16,19-21H,1,3-4,9-10,17-18H2,(H,30,33)(H2,31,32,34,37). The lowest BCUT2D eigenvalue weighted by Crippen LogP contribution is -2.34. The molecule has 0 radical (unpaired) electrons. The van der Waals surface area contributed by atoms with Crippen LogP contribution in [0.1, 0.15) is 42.5 Å². The van der Waals surface area contributed by atoms with E-state index in [0.717, 1.165) is 31.4 Å². The Morgan fingerprint density at radius 3 is 2.16 bits per heavy atom. The molecular formula is C29H31N3O4S. The monoisotopic (exact) mass is 517 g/mol. The molecule has 0 heterocycles. The Labute approximate surface area is 222 Å². The minimum absolute atomic E-state index is 0.0569. The summed E-state index contributed by atoms with van der Waals surface area (Å²) >= 11 is 5.33. The van der Waals surface area contributed by atoms with Gasteiger partial charge in [0.1, 0.15) is 24.7 Å². The van der Waals surface area contributed by atoms with Crippen molar-refractivity contribution in [2.45, 2.75) is 32.1 Å². The Morgan fingerprint density at radius 2 is 1.41 bits per heavy atom. The van der Waals surface area contributed by atoms with E-state index in [1.54, 1.807) is 30.3 Å². The molecule has 1 saturated carbocycles. The molecule has 0 bridgehead atoms. The number of carbonyl (C=O) groups is 2. The Kier molecular flexibility index (Phi) is 9.48. The molecule has 192 valence electrons. The molecule has 0 aliphatic heterocycles. The maximum Gasteiger partial charge on any atom is 0.257 e. The molecule has 0 saturated heterocycles. The van der Waals surface area contributed by atoms with Gasteiger partial charge in [-0.1, -0.05) is 49.6 Å². The summed E-state index contributed by atoms with van der Waals surface area (Å²) in [6.07, 6.45) is 5.28. The molecule has 1 aliphatic carbocycles. The van der Waals surface area contributed by atoms with Crippen LogP contribution in [-0.4, -0.2) is 30.1 Å². The van der Waals surface area contributed by atoms with Gasteiger partial charge in [0.05, 0.1) is 0 Å². The van der Waals surface area contributed by atoms with E-state index < -0.39 is 0 Å². The lowest BCUT2D eigenvalue weighted by molar-refractivity contribution is -0.120. The predicted molar refractivity (Wildman–Crippen MR) is 149 cm³/mol. The highest BCUT2D eigenvalue weighted by molar-refractivity contribution is 7.80. The van der Waals surface area contributed by atoms with Crippen molar-refractivity contribution in [1.29, 1.82) is 0 Å². The Morgan fingerprint density at radius 1 is 0.757 bits per heavy atom. The molecule has 1 fully saturated rings. The second-order valence-corrected chi connectivity index (χ2v) is 9.26. The van der Waals surface area contributed by atoms with E-state index in [2.05, 4.69) is 16.0 Å². The first kappa shape index (κ1) is 26.2. The first-order valence-electron chi connectivity index (χ1n) is 12.5. The zero-order valence-corrected chi connectivity index (χ0v) is 21.4. The van der Waals surface area contributed by atoms with Crippen LogP contribution in [0.4, 0.5) is 11.4 Å².